The molecule has 1 unspecified atom stereocenters. The molecule has 27 heavy (non-hydrogen) atoms. The normalized spacial score (nSPS) is 14.4. The van der Waals surface area contributed by atoms with Gasteiger partial charge in [-0.05, 0) is 17.7 Å². The Morgan fingerprint density at radius 3 is 2.78 bits per heavy atom. The summed E-state index contributed by atoms with van der Waals surface area (Å²) in [6.45, 7) is 4.49. The van der Waals surface area contributed by atoms with Crippen molar-refractivity contribution in [3.05, 3.63) is 64.2 Å². The van der Waals surface area contributed by atoms with Gasteiger partial charge in [-0.25, -0.2) is 0 Å². The van der Waals surface area contributed by atoms with Gasteiger partial charge in [-0.3, -0.25) is 9.69 Å². The van der Waals surface area contributed by atoms with Crippen molar-refractivity contribution in [3.63, 3.8) is 0 Å². The Morgan fingerprint density at radius 2 is 2.04 bits per heavy atom. The summed E-state index contributed by atoms with van der Waals surface area (Å²) in [5.41, 5.74) is 3.12. The molecular weight excluding hydrogens is 366 g/mol. The highest BCUT2D eigenvalue weighted by Gasteiger charge is 2.22. The second-order valence-electron chi connectivity index (χ2n) is 6.74. The lowest BCUT2D eigenvalue weighted by Crippen LogP contribution is -2.32. The molecular formula is C21H24ClNO4. The largest absolute Gasteiger partial charge is 0.469 e. The molecule has 1 atom stereocenters. The van der Waals surface area contributed by atoms with Crippen molar-refractivity contribution in [1.29, 1.82) is 0 Å². The number of esters is 1. The number of benzene rings is 2. The van der Waals surface area contributed by atoms with Crippen LogP contribution in [0.3, 0.4) is 0 Å². The SMILES string of the molecule is COC(=O)C(C)CN(Cc1ccccc1)Cc1cc(Cl)cc2c1OCOC2. The maximum Gasteiger partial charge on any atom is 0.309 e. The molecule has 0 N–H and O–H groups in total. The molecule has 144 valence electrons. The van der Waals surface area contributed by atoms with Crippen LogP contribution in [0.1, 0.15) is 23.6 Å². The van der Waals surface area contributed by atoms with Gasteiger partial charge in [-0.1, -0.05) is 48.9 Å². The minimum atomic E-state index is -0.238. The minimum Gasteiger partial charge on any atom is -0.469 e. The van der Waals surface area contributed by atoms with E-state index in [1.807, 2.05) is 37.3 Å². The number of nitrogens with zero attached hydrogens (tertiary/aromatic N) is 1. The van der Waals surface area contributed by atoms with Crippen molar-refractivity contribution in [2.45, 2.75) is 26.6 Å². The lowest BCUT2D eigenvalue weighted by Gasteiger charge is -2.28. The molecule has 0 amide bonds. The zero-order valence-corrected chi connectivity index (χ0v) is 16.4. The van der Waals surface area contributed by atoms with Gasteiger partial charge >= 0.3 is 5.97 Å². The highest BCUT2D eigenvalue weighted by molar-refractivity contribution is 6.30. The molecule has 0 aliphatic carbocycles. The molecule has 3 rings (SSSR count). The number of carbonyl (C=O) groups excluding carboxylic acids is 1. The number of hydrogen-bond acceptors (Lipinski definition) is 5. The van der Waals surface area contributed by atoms with E-state index < -0.39 is 0 Å². The summed E-state index contributed by atoms with van der Waals surface area (Å²) in [4.78, 5) is 14.1. The first kappa shape index (κ1) is 19.7. The molecule has 2 aromatic carbocycles. The van der Waals surface area contributed by atoms with Crippen LogP contribution in [0, 0.1) is 5.92 Å². The summed E-state index contributed by atoms with van der Waals surface area (Å²) >= 11 is 6.30. The first-order chi connectivity index (χ1) is 13.1. The molecule has 1 heterocycles. The third-order valence-corrected chi connectivity index (χ3v) is 4.75. The van der Waals surface area contributed by atoms with E-state index >= 15 is 0 Å². The fraction of sp³-hybridized carbons (Fsp3) is 0.381. The van der Waals surface area contributed by atoms with Crippen LogP contribution in [0.2, 0.25) is 5.02 Å². The highest BCUT2D eigenvalue weighted by atomic mass is 35.5. The molecule has 0 spiro atoms. The smallest absolute Gasteiger partial charge is 0.309 e. The summed E-state index contributed by atoms with van der Waals surface area (Å²) < 4.78 is 16.0. The summed E-state index contributed by atoms with van der Waals surface area (Å²) in [5, 5.41) is 0.651. The van der Waals surface area contributed by atoms with Crippen molar-refractivity contribution in [2.75, 3.05) is 20.4 Å². The second-order valence-corrected chi connectivity index (χ2v) is 7.18. The van der Waals surface area contributed by atoms with Crippen molar-refractivity contribution in [2.24, 2.45) is 5.92 Å². The Balaban J connectivity index is 1.84. The first-order valence-corrected chi connectivity index (χ1v) is 9.30. The Labute approximate surface area is 164 Å². The van der Waals surface area contributed by atoms with E-state index in [0.29, 0.717) is 31.3 Å². The van der Waals surface area contributed by atoms with E-state index in [-0.39, 0.29) is 18.7 Å². The van der Waals surface area contributed by atoms with Crippen LogP contribution in [-0.4, -0.2) is 31.3 Å². The van der Waals surface area contributed by atoms with Gasteiger partial charge in [0.05, 0.1) is 19.6 Å². The summed E-state index contributed by atoms with van der Waals surface area (Å²) in [7, 11) is 1.42. The predicted octanol–water partition coefficient (Wildman–Crippen LogP) is 4.02. The van der Waals surface area contributed by atoms with E-state index in [1.165, 1.54) is 12.7 Å². The fourth-order valence-electron chi connectivity index (χ4n) is 3.30. The number of fused-ring (bicyclic) bond motifs is 1. The van der Waals surface area contributed by atoms with Gasteiger partial charge in [-0.2, -0.15) is 0 Å². The van der Waals surface area contributed by atoms with E-state index in [1.54, 1.807) is 0 Å². The molecule has 0 saturated carbocycles. The lowest BCUT2D eigenvalue weighted by molar-refractivity contribution is -0.145. The third-order valence-electron chi connectivity index (χ3n) is 4.53. The van der Waals surface area contributed by atoms with Crippen LogP contribution in [0.15, 0.2) is 42.5 Å². The van der Waals surface area contributed by atoms with E-state index in [9.17, 15) is 4.79 Å². The van der Waals surface area contributed by atoms with Crippen molar-refractivity contribution in [1.82, 2.24) is 4.90 Å². The maximum absolute atomic E-state index is 11.9. The van der Waals surface area contributed by atoms with Crippen LogP contribution in [0.5, 0.6) is 5.75 Å². The molecule has 1 aliphatic rings. The lowest BCUT2D eigenvalue weighted by atomic mass is 10.1. The molecule has 0 fully saturated rings. The number of hydrogen-bond donors (Lipinski definition) is 0. The number of methoxy groups -OCH3 is 1. The molecule has 2 aromatic rings. The Bertz CT molecular complexity index is 781. The molecule has 0 bridgehead atoms. The quantitative estimate of drug-likeness (QED) is 0.669. The van der Waals surface area contributed by atoms with E-state index in [4.69, 9.17) is 25.8 Å². The van der Waals surface area contributed by atoms with Crippen LogP contribution in [-0.2, 0) is 34.0 Å². The number of ether oxygens (including phenoxy) is 3. The average molecular weight is 390 g/mol. The fourth-order valence-corrected chi connectivity index (χ4v) is 3.57. The number of rotatable bonds is 7. The van der Waals surface area contributed by atoms with Crippen LogP contribution in [0.4, 0.5) is 0 Å². The molecule has 5 nitrogen and oxygen atoms in total. The predicted molar refractivity (Wildman–Crippen MR) is 103 cm³/mol. The maximum atomic E-state index is 11.9. The summed E-state index contributed by atoms with van der Waals surface area (Å²) in [6.07, 6.45) is 0. The van der Waals surface area contributed by atoms with Gasteiger partial charge in [0.1, 0.15) is 5.75 Å². The Kier molecular flexibility index (Phi) is 6.72. The Hall–Kier alpha value is -2.08. The van der Waals surface area contributed by atoms with Gasteiger partial charge in [0.15, 0.2) is 6.79 Å². The molecule has 0 radical (unpaired) electrons. The Morgan fingerprint density at radius 1 is 1.26 bits per heavy atom. The molecule has 0 aromatic heterocycles. The van der Waals surface area contributed by atoms with Gasteiger partial charge in [0, 0.05) is 35.8 Å². The second kappa shape index (κ2) is 9.22. The van der Waals surface area contributed by atoms with Crippen LogP contribution < -0.4 is 4.74 Å². The van der Waals surface area contributed by atoms with Crippen LogP contribution >= 0.6 is 11.6 Å². The van der Waals surface area contributed by atoms with Crippen molar-refractivity contribution < 1.29 is 19.0 Å². The first-order valence-electron chi connectivity index (χ1n) is 8.92. The van der Waals surface area contributed by atoms with Gasteiger partial charge in [0.2, 0.25) is 0 Å². The minimum absolute atomic E-state index is 0.217. The van der Waals surface area contributed by atoms with Gasteiger partial charge in [0.25, 0.3) is 0 Å². The zero-order valence-electron chi connectivity index (χ0n) is 15.6. The van der Waals surface area contributed by atoms with E-state index in [0.717, 1.165) is 16.9 Å². The molecule has 1 aliphatic heterocycles. The van der Waals surface area contributed by atoms with Gasteiger partial charge < -0.3 is 14.2 Å². The standard InChI is InChI=1S/C21H24ClNO4/c1-15(21(24)25-2)10-23(11-16-6-4-3-5-7-16)12-17-8-19(22)9-18-13-26-14-27-20(17)18/h3-9,15H,10-14H2,1-2H3. The monoisotopic (exact) mass is 389 g/mol. The summed E-state index contributed by atoms with van der Waals surface area (Å²) in [6, 6.07) is 14.0. The summed E-state index contributed by atoms with van der Waals surface area (Å²) in [5.74, 6) is 0.373. The van der Waals surface area contributed by atoms with E-state index in [2.05, 4.69) is 17.0 Å². The third kappa shape index (κ3) is 5.22. The topological polar surface area (TPSA) is 48.0 Å². The molecule has 0 saturated heterocycles. The zero-order chi connectivity index (χ0) is 19.2. The highest BCUT2D eigenvalue weighted by Crippen LogP contribution is 2.33. The van der Waals surface area contributed by atoms with Crippen molar-refractivity contribution >= 4 is 17.6 Å². The van der Waals surface area contributed by atoms with Crippen LogP contribution in [0.25, 0.3) is 0 Å². The molecule has 6 heteroatoms. The van der Waals surface area contributed by atoms with Crippen molar-refractivity contribution in [3.8, 4) is 5.75 Å². The van der Waals surface area contributed by atoms with Gasteiger partial charge in [-0.15, -0.1) is 0 Å². The average Bonchev–Trinajstić information content (AvgIpc) is 2.67. The number of carbonyl (C=O) groups is 1. The number of halogens is 1.